The summed E-state index contributed by atoms with van der Waals surface area (Å²) < 4.78 is 5.33. The summed E-state index contributed by atoms with van der Waals surface area (Å²) in [5, 5.41) is 0. The number of nitrogens with zero attached hydrogens (tertiary/aromatic N) is 1. The number of rotatable bonds is 7. The summed E-state index contributed by atoms with van der Waals surface area (Å²) in [4.78, 5) is 2.24. The first-order valence-electron chi connectivity index (χ1n) is 7.09. The molecule has 0 radical (unpaired) electrons. The van der Waals surface area contributed by atoms with Crippen molar-refractivity contribution >= 4 is 0 Å². The van der Waals surface area contributed by atoms with Gasteiger partial charge in [-0.1, -0.05) is 32.4 Å². The molecule has 2 N–H and O–H groups in total. The molecule has 19 heavy (non-hydrogen) atoms. The monoisotopic (exact) mass is 264 g/mol. The minimum Gasteiger partial charge on any atom is -0.497 e. The SMILES string of the molecule is CCCC(N(C)C)C(N)(CC)c1cccc(OC)c1. The smallest absolute Gasteiger partial charge is 0.119 e. The van der Waals surface area contributed by atoms with Crippen LogP contribution in [0.25, 0.3) is 0 Å². The van der Waals surface area contributed by atoms with E-state index in [2.05, 4.69) is 45.0 Å². The fourth-order valence-electron chi connectivity index (χ4n) is 2.79. The molecule has 1 aromatic rings. The Morgan fingerprint density at radius 1 is 1.32 bits per heavy atom. The Morgan fingerprint density at radius 2 is 2.00 bits per heavy atom. The van der Waals surface area contributed by atoms with E-state index in [1.807, 2.05) is 12.1 Å². The molecule has 0 amide bonds. The van der Waals surface area contributed by atoms with Gasteiger partial charge in [0.25, 0.3) is 0 Å². The van der Waals surface area contributed by atoms with Crippen LogP contribution < -0.4 is 10.5 Å². The molecule has 0 spiro atoms. The van der Waals surface area contributed by atoms with Crippen LogP contribution in [-0.2, 0) is 5.54 Å². The standard InChI is InChI=1S/C16H28N2O/c1-6-9-15(18(3)4)16(17,7-2)13-10-8-11-14(12-13)19-5/h8,10-12,15H,6-7,9,17H2,1-5H3. The van der Waals surface area contributed by atoms with Crippen LogP contribution in [0.4, 0.5) is 0 Å². The Labute approximate surface area is 117 Å². The van der Waals surface area contributed by atoms with Crippen molar-refractivity contribution in [3.05, 3.63) is 29.8 Å². The first-order chi connectivity index (χ1) is 8.99. The van der Waals surface area contributed by atoms with Crippen molar-refractivity contribution in [2.75, 3.05) is 21.2 Å². The highest BCUT2D eigenvalue weighted by Gasteiger charge is 2.36. The van der Waals surface area contributed by atoms with Gasteiger partial charge in [0.15, 0.2) is 0 Å². The molecular formula is C16H28N2O. The first kappa shape index (κ1) is 16.0. The van der Waals surface area contributed by atoms with E-state index in [0.717, 1.165) is 30.6 Å². The molecule has 0 bridgehead atoms. The number of likely N-dealkylation sites (N-methyl/N-ethyl adjacent to an activating group) is 1. The maximum Gasteiger partial charge on any atom is 0.119 e. The van der Waals surface area contributed by atoms with E-state index in [1.165, 1.54) is 0 Å². The molecular weight excluding hydrogens is 236 g/mol. The summed E-state index contributed by atoms with van der Waals surface area (Å²) in [7, 11) is 5.91. The van der Waals surface area contributed by atoms with Crippen molar-refractivity contribution in [1.82, 2.24) is 4.90 Å². The fraction of sp³-hybridized carbons (Fsp3) is 0.625. The summed E-state index contributed by atoms with van der Waals surface area (Å²) in [5.74, 6) is 0.870. The van der Waals surface area contributed by atoms with E-state index in [-0.39, 0.29) is 5.54 Å². The van der Waals surface area contributed by atoms with Gasteiger partial charge in [0, 0.05) is 6.04 Å². The molecule has 0 saturated carbocycles. The number of benzene rings is 1. The topological polar surface area (TPSA) is 38.5 Å². The maximum absolute atomic E-state index is 6.78. The van der Waals surface area contributed by atoms with Gasteiger partial charge in [0.05, 0.1) is 12.6 Å². The van der Waals surface area contributed by atoms with E-state index in [4.69, 9.17) is 10.5 Å². The van der Waals surface area contributed by atoms with Crippen LogP contribution in [0, 0.1) is 0 Å². The Bertz CT molecular complexity index is 392. The van der Waals surface area contributed by atoms with Crippen LogP contribution in [0.15, 0.2) is 24.3 Å². The van der Waals surface area contributed by atoms with Gasteiger partial charge >= 0.3 is 0 Å². The molecule has 0 saturated heterocycles. The number of hydrogen-bond donors (Lipinski definition) is 1. The third kappa shape index (κ3) is 3.48. The lowest BCUT2D eigenvalue weighted by molar-refractivity contribution is 0.158. The van der Waals surface area contributed by atoms with Crippen LogP contribution in [0.1, 0.15) is 38.7 Å². The zero-order valence-electron chi connectivity index (χ0n) is 12.9. The molecule has 0 aliphatic rings. The van der Waals surface area contributed by atoms with E-state index in [0.29, 0.717) is 6.04 Å². The van der Waals surface area contributed by atoms with Gasteiger partial charge in [0.1, 0.15) is 5.75 Å². The lowest BCUT2D eigenvalue weighted by Gasteiger charge is -2.41. The van der Waals surface area contributed by atoms with Crippen LogP contribution >= 0.6 is 0 Å². The van der Waals surface area contributed by atoms with Gasteiger partial charge in [-0.2, -0.15) is 0 Å². The molecule has 0 aliphatic carbocycles. The molecule has 1 rings (SSSR count). The van der Waals surface area contributed by atoms with Crippen molar-refractivity contribution in [3.63, 3.8) is 0 Å². The summed E-state index contributed by atoms with van der Waals surface area (Å²) in [5.41, 5.74) is 7.59. The molecule has 3 nitrogen and oxygen atoms in total. The largest absolute Gasteiger partial charge is 0.497 e. The fourth-order valence-corrected chi connectivity index (χ4v) is 2.79. The van der Waals surface area contributed by atoms with Crippen molar-refractivity contribution in [1.29, 1.82) is 0 Å². The van der Waals surface area contributed by atoms with Gasteiger partial charge < -0.3 is 15.4 Å². The Balaban J connectivity index is 3.19. The van der Waals surface area contributed by atoms with Crippen LogP contribution in [0.3, 0.4) is 0 Å². The van der Waals surface area contributed by atoms with E-state index in [1.54, 1.807) is 7.11 Å². The lowest BCUT2D eigenvalue weighted by atomic mass is 9.79. The Hall–Kier alpha value is -1.06. The van der Waals surface area contributed by atoms with Crippen LogP contribution in [-0.4, -0.2) is 32.1 Å². The second-order valence-electron chi connectivity index (χ2n) is 5.39. The zero-order chi connectivity index (χ0) is 14.5. The number of methoxy groups -OCH3 is 1. The summed E-state index contributed by atoms with van der Waals surface area (Å²) in [6.07, 6.45) is 3.13. The van der Waals surface area contributed by atoms with E-state index < -0.39 is 0 Å². The van der Waals surface area contributed by atoms with Crippen LogP contribution in [0.5, 0.6) is 5.75 Å². The molecule has 0 heterocycles. The predicted molar refractivity (Wildman–Crippen MR) is 81.5 cm³/mol. The van der Waals surface area contributed by atoms with Crippen molar-refractivity contribution in [2.45, 2.75) is 44.7 Å². The summed E-state index contributed by atoms with van der Waals surface area (Å²) >= 11 is 0. The summed E-state index contributed by atoms with van der Waals surface area (Å²) in [6, 6.07) is 8.48. The van der Waals surface area contributed by atoms with E-state index in [9.17, 15) is 0 Å². The second-order valence-corrected chi connectivity index (χ2v) is 5.39. The molecule has 3 heteroatoms. The Morgan fingerprint density at radius 3 is 2.47 bits per heavy atom. The molecule has 0 aromatic heterocycles. The quantitative estimate of drug-likeness (QED) is 0.823. The van der Waals surface area contributed by atoms with Crippen molar-refractivity contribution < 1.29 is 4.74 Å². The highest BCUT2D eigenvalue weighted by atomic mass is 16.5. The molecule has 0 aliphatic heterocycles. The van der Waals surface area contributed by atoms with Gasteiger partial charge in [0.2, 0.25) is 0 Å². The molecule has 108 valence electrons. The zero-order valence-corrected chi connectivity index (χ0v) is 12.9. The third-order valence-corrected chi connectivity index (χ3v) is 3.97. The predicted octanol–water partition coefficient (Wildman–Crippen LogP) is 2.99. The van der Waals surface area contributed by atoms with Crippen molar-refractivity contribution in [3.8, 4) is 5.75 Å². The van der Waals surface area contributed by atoms with Gasteiger partial charge in [-0.15, -0.1) is 0 Å². The molecule has 1 aromatic carbocycles. The van der Waals surface area contributed by atoms with Crippen molar-refractivity contribution in [2.24, 2.45) is 5.73 Å². The van der Waals surface area contributed by atoms with Gasteiger partial charge in [-0.3, -0.25) is 0 Å². The molecule has 2 unspecified atom stereocenters. The second kappa shape index (κ2) is 6.92. The van der Waals surface area contributed by atoms with Gasteiger partial charge in [-0.25, -0.2) is 0 Å². The van der Waals surface area contributed by atoms with Crippen LogP contribution in [0.2, 0.25) is 0 Å². The number of nitrogens with two attached hydrogens (primary N) is 1. The lowest BCUT2D eigenvalue weighted by Crippen LogP contribution is -2.53. The van der Waals surface area contributed by atoms with Gasteiger partial charge in [-0.05, 0) is 44.6 Å². The minimum absolute atomic E-state index is 0.328. The third-order valence-electron chi connectivity index (χ3n) is 3.97. The average molecular weight is 264 g/mol. The number of hydrogen-bond acceptors (Lipinski definition) is 3. The Kier molecular flexibility index (Phi) is 5.83. The molecule has 2 atom stereocenters. The highest BCUT2D eigenvalue weighted by Crippen LogP contribution is 2.32. The average Bonchev–Trinajstić information content (AvgIpc) is 2.43. The number of ether oxygens (including phenoxy) is 1. The highest BCUT2D eigenvalue weighted by molar-refractivity contribution is 5.34. The normalized spacial score (nSPS) is 16.2. The van der Waals surface area contributed by atoms with E-state index >= 15 is 0 Å². The minimum atomic E-state index is -0.339. The maximum atomic E-state index is 6.78. The summed E-state index contributed by atoms with van der Waals surface area (Å²) in [6.45, 7) is 4.36. The molecule has 0 fully saturated rings. The first-order valence-corrected chi connectivity index (χ1v) is 7.09.